The van der Waals surface area contributed by atoms with E-state index < -0.39 is 23.7 Å². The summed E-state index contributed by atoms with van der Waals surface area (Å²) in [7, 11) is 0. The van der Waals surface area contributed by atoms with Crippen molar-refractivity contribution >= 4 is 28.8 Å². The molecule has 3 heterocycles. The van der Waals surface area contributed by atoms with Crippen molar-refractivity contribution in [3.63, 3.8) is 0 Å². The lowest BCUT2D eigenvalue weighted by molar-refractivity contribution is -0.157. The Morgan fingerprint density at radius 2 is 1.91 bits per heavy atom. The minimum Gasteiger partial charge on any atom is -0.459 e. The first-order valence-corrected chi connectivity index (χ1v) is 12.2. The zero-order valence-corrected chi connectivity index (χ0v) is 20.7. The topological polar surface area (TPSA) is 123 Å². The van der Waals surface area contributed by atoms with Gasteiger partial charge in [0.2, 0.25) is 11.8 Å². The number of nitrogens with zero attached hydrogens (tertiary/aromatic N) is 3. The second-order valence-electron chi connectivity index (χ2n) is 10.4. The van der Waals surface area contributed by atoms with Gasteiger partial charge in [-0.3, -0.25) is 33.7 Å². The number of carbonyl (C=O) groups is 3. The number of aliphatic hydroxyl groups is 1. The van der Waals surface area contributed by atoms with Crippen LogP contribution in [0.4, 0.5) is 0 Å². The van der Waals surface area contributed by atoms with Crippen LogP contribution in [-0.4, -0.2) is 68.3 Å². The number of rotatable bonds is 5. The van der Waals surface area contributed by atoms with Crippen LogP contribution in [-0.2, 0) is 25.7 Å². The van der Waals surface area contributed by atoms with Gasteiger partial charge in [0.15, 0.2) is 0 Å². The third kappa shape index (κ3) is 5.18. The fourth-order valence-corrected chi connectivity index (χ4v) is 5.15. The molecule has 2 aliphatic heterocycles. The number of esters is 1. The highest BCUT2D eigenvalue weighted by Gasteiger charge is 2.33. The van der Waals surface area contributed by atoms with E-state index in [9.17, 15) is 24.3 Å². The number of hydrogen-bond acceptors (Lipinski definition) is 7. The van der Waals surface area contributed by atoms with Crippen molar-refractivity contribution in [1.29, 1.82) is 0 Å². The number of hydrogen-bond donors (Lipinski definition) is 2. The smallest absolute Gasteiger partial charge is 0.329 e. The molecule has 1 aromatic carbocycles. The number of imide groups is 1. The highest BCUT2D eigenvalue weighted by atomic mass is 16.6. The number of imidazole rings is 1. The lowest BCUT2D eigenvalue weighted by Crippen LogP contribution is -2.45. The van der Waals surface area contributed by atoms with Gasteiger partial charge in [-0.15, -0.1) is 0 Å². The number of aromatic nitrogens is 2. The van der Waals surface area contributed by atoms with Crippen LogP contribution in [0.3, 0.4) is 0 Å². The quantitative estimate of drug-likeness (QED) is 0.482. The molecule has 2 amide bonds. The maximum Gasteiger partial charge on any atom is 0.329 e. The summed E-state index contributed by atoms with van der Waals surface area (Å²) in [5.41, 5.74) is 1.39. The van der Waals surface area contributed by atoms with Gasteiger partial charge in [0.05, 0.1) is 23.7 Å². The number of amides is 2. The summed E-state index contributed by atoms with van der Waals surface area (Å²) >= 11 is 0. The van der Waals surface area contributed by atoms with E-state index in [0.717, 1.165) is 5.56 Å². The fraction of sp³-hybridized carbons (Fsp3) is 0.600. The van der Waals surface area contributed by atoms with Crippen LogP contribution in [0.5, 0.6) is 0 Å². The molecule has 2 saturated heterocycles. The standard InChI is InChI=1S/C25H34N4O6/c1-5-28-19-12-15(16-10-11-27(13-20(16)30)14-22(32)35-25(2,3)4)6-7-17(19)29(24(28)34)18-8-9-21(31)26-23(18)33/h6-7,12,16,18,20,30H,5,8-11,13-14H2,1-4H3,(H,26,31,33)/t16-,18?,20+/m1/s1. The van der Waals surface area contributed by atoms with Gasteiger partial charge in [0, 0.05) is 25.4 Å². The minimum atomic E-state index is -0.733. The van der Waals surface area contributed by atoms with Crippen molar-refractivity contribution < 1.29 is 24.2 Å². The van der Waals surface area contributed by atoms with Crippen molar-refractivity contribution in [2.75, 3.05) is 19.6 Å². The second-order valence-corrected chi connectivity index (χ2v) is 10.4. The van der Waals surface area contributed by atoms with Crippen LogP contribution in [0.15, 0.2) is 23.0 Å². The van der Waals surface area contributed by atoms with Crippen LogP contribution < -0.4 is 11.0 Å². The Hall–Kier alpha value is -2.98. The third-order valence-electron chi connectivity index (χ3n) is 6.69. The molecule has 2 N–H and O–H groups in total. The molecular weight excluding hydrogens is 452 g/mol. The van der Waals surface area contributed by atoms with Crippen molar-refractivity contribution in [2.24, 2.45) is 0 Å². The number of fused-ring (bicyclic) bond motifs is 1. The van der Waals surface area contributed by atoms with Gasteiger partial charge in [0.25, 0.3) is 0 Å². The van der Waals surface area contributed by atoms with Crippen LogP contribution in [0.2, 0.25) is 0 Å². The summed E-state index contributed by atoms with van der Waals surface area (Å²) in [4.78, 5) is 51.3. The number of piperidine rings is 2. The SMILES string of the molecule is CCn1c(=O)n(C2CCC(=O)NC2=O)c2ccc([C@H]3CCN(CC(=O)OC(C)(C)C)C[C@@H]3O)cc21. The summed E-state index contributed by atoms with van der Waals surface area (Å²) in [6.45, 7) is 8.88. The largest absolute Gasteiger partial charge is 0.459 e. The molecule has 0 bridgehead atoms. The summed E-state index contributed by atoms with van der Waals surface area (Å²) < 4.78 is 8.49. The summed E-state index contributed by atoms with van der Waals surface area (Å²) in [5, 5.41) is 13.2. The predicted molar refractivity (Wildman–Crippen MR) is 129 cm³/mol. The Labute approximate surface area is 203 Å². The van der Waals surface area contributed by atoms with Crippen LogP contribution in [0, 0.1) is 0 Å². The number of benzene rings is 1. The molecule has 10 heteroatoms. The van der Waals surface area contributed by atoms with Gasteiger partial charge < -0.3 is 9.84 Å². The molecular formula is C25H34N4O6. The molecule has 35 heavy (non-hydrogen) atoms. The molecule has 0 saturated carbocycles. The number of aryl methyl sites for hydroxylation is 1. The highest BCUT2D eigenvalue weighted by molar-refractivity contribution is 6.00. The van der Waals surface area contributed by atoms with E-state index in [-0.39, 0.29) is 42.9 Å². The van der Waals surface area contributed by atoms with Crippen LogP contribution in [0.25, 0.3) is 11.0 Å². The average molecular weight is 487 g/mol. The first kappa shape index (κ1) is 25.1. The Balaban J connectivity index is 1.56. The molecule has 190 valence electrons. The number of aliphatic hydroxyl groups excluding tert-OH is 1. The molecule has 3 atom stereocenters. The fourth-order valence-electron chi connectivity index (χ4n) is 5.15. The molecule has 1 unspecified atom stereocenters. The monoisotopic (exact) mass is 486 g/mol. The van der Waals surface area contributed by atoms with Gasteiger partial charge in [-0.05, 0) is 64.8 Å². The Morgan fingerprint density at radius 1 is 1.17 bits per heavy atom. The number of carbonyl (C=O) groups excluding carboxylic acids is 3. The summed E-state index contributed by atoms with van der Waals surface area (Å²) in [5.74, 6) is -1.25. The molecule has 0 spiro atoms. The molecule has 0 radical (unpaired) electrons. The lowest BCUT2D eigenvalue weighted by atomic mass is 9.87. The van der Waals surface area contributed by atoms with Crippen LogP contribution >= 0.6 is 0 Å². The Bertz CT molecular complexity index is 1210. The minimum absolute atomic E-state index is 0.129. The second kappa shape index (κ2) is 9.58. The maximum absolute atomic E-state index is 13.2. The number of nitrogens with one attached hydrogen (secondary N) is 1. The zero-order chi connectivity index (χ0) is 25.5. The molecule has 2 aliphatic rings. The predicted octanol–water partition coefficient (Wildman–Crippen LogP) is 1.29. The van der Waals surface area contributed by atoms with Crippen molar-refractivity contribution in [3.8, 4) is 0 Å². The van der Waals surface area contributed by atoms with E-state index in [0.29, 0.717) is 37.1 Å². The number of likely N-dealkylation sites (tertiary alicyclic amines) is 1. The Morgan fingerprint density at radius 3 is 2.54 bits per heavy atom. The van der Waals surface area contributed by atoms with Gasteiger partial charge in [-0.2, -0.15) is 0 Å². The first-order chi connectivity index (χ1) is 16.5. The number of ether oxygens (including phenoxy) is 1. The van der Waals surface area contributed by atoms with E-state index in [1.807, 2.05) is 50.8 Å². The van der Waals surface area contributed by atoms with Gasteiger partial charge >= 0.3 is 11.7 Å². The molecule has 4 rings (SSSR count). The summed E-state index contributed by atoms with van der Waals surface area (Å²) in [6, 6.07) is 4.89. The molecule has 1 aromatic heterocycles. The third-order valence-corrected chi connectivity index (χ3v) is 6.69. The van der Waals surface area contributed by atoms with Crippen molar-refractivity contribution in [2.45, 2.75) is 77.2 Å². The van der Waals surface area contributed by atoms with Gasteiger partial charge in [-0.25, -0.2) is 4.79 Å². The lowest BCUT2D eigenvalue weighted by Gasteiger charge is -2.36. The maximum atomic E-state index is 13.2. The first-order valence-electron chi connectivity index (χ1n) is 12.2. The van der Waals surface area contributed by atoms with Gasteiger partial charge in [0.1, 0.15) is 11.6 Å². The van der Waals surface area contributed by atoms with Crippen molar-refractivity contribution in [1.82, 2.24) is 19.4 Å². The molecule has 2 fully saturated rings. The normalized spacial score (nSPS) is 24.0. The van der Waals surface area contributed by atoms with Gasteiger partial charge in [-0.1, -0.05) is 6.07 Å². The van der Waals surface area contributed by atoms with E-state index >= 15 is 0 Å². The van der Waals surface area contributed by atoms with E-state index in [1.54, 1.807) is 4.57 Å². The average Bonchev–Trinajstić information content (AvgIpc) is 3.03. The van der Waals surface area contributed by atoms with Crippen LogP contribution in [0.1, 0.15) is 64.5 Å². The zero-order valence-electron chi connectivity index (χ0n) is 20.7. The van der Waals surface area contributed by atoms with E-state index in [4.69, 9.17) is 4.74 Å². The highest BCUT2D eigenvalue weighted by Crippen LogP contribution is 2.32. The van der Waals surface area contributed by atoms with Crippen molar-refractivity contribution in [3.05, 3.63) is 34.2 Å². The Kier molecular flexibility index (Phi) is 6.88. The van der Waals surface area contributed by atoms with E-state index in [2.05, 4.69) is 5.32 Å². The van der Waals surface area contributed by atoms with E-state index in [1.165, 1.54) is 4.57 Å². The summed E-state index contributed by atoms with van der Waals surface area (Å²) in [6.07, 6.45) is 0.444. The molecule has 0 aliphatic carbocycles. The molecule has 2 aromatic rings. The number of β-amino-alcohol motifs (C(OH)–C–C–N with tert-alkyl or cyclic N) is 1. The molecule has 10 nitrogen and oxygen atoms in total.